The zero-order chi connectivity index (χ0) is 14.7. The van der Waals surface area contributed by atoms with Crippen LogP contribution in [0.1, 0.15) is 16.7 Å². The first-order valence-electron chi connectivity index (χ1n) is 6.22. The number of nitro groups is 1. The van der Waals surface area contributed by atoms with Gasteiger partial charge in [-0.05, 0) is 36.6 Å². The number of non-ortho nitro benzene ring substituents is 1. The highest BCUT2D eigenvalue weighted by molar-refractivity contribution is 5.53. The second kappa shape index (κ2) is 5.69. The van der Waals surface area contributed by atoms with Crippen LogP contribution in [0.5, 0.6) is 0 Å². The average Bonchev–Trinajstić information content (AvgIpc) is 2.41. The predicted octanol–water partition coefficient (Wildman–Crippen LogP) is 3.96. The topological polar surface area (TPSA) is 55.2 Å². The second-order valence-electron chi connectivity index (χ2n) is 4.63. The van der Waals surface area contributed by atoms with E-state index in [1.165, 1.54) is 6.07 Å². The highest BCUT2D eigenvalue weighted by Gasteiger charge is 2.11. The highest BCUT2D eigenvalue weighted by atomic mass is 19.1. The first-order valence-corrected chi connectivity index (χ1v) is 6.22. The van der Waals surface area contributed by atoms with Crippen molar-refractivity contribution >= 4 is 11.4 Å². The summed E-state index contributed by atoms with van der Waals surface area (Å²) in [5.74, 6) is -0.499. The summed E-state index contributed by atoms with van der Waals surface area (Å²) in [4.78, 5) is 10.2. The van der Waals surface area contributed by atoms with Gasteiger partial charge in [0.2, 0.25) is 0 Å². The first-order chi connectivity index (χ1) is 9.49. The SMILES string of the molecule is Cc1cccc(CNc2cc([N+](=O)[O-])ccc2F)c1C. The number of anilines is 1. The van der Waals surface area contributed by atoms with Crippen LogP contribution in [0.2, 0.25) is 0 Å². The van der Waals surface area contributed by atoms with Crippen LogP contribution in [0.25, 0.3) is 0 Å². The van der Waals surface area contributed by atoms with Gasteiger partial charge in [-0.15, -0.1) is 0 Å². The molecule has 5 heteroatoms. The molecule has 2 aromatic carbocycles. The van der Waals surface area contributed by atoms with Gasteiger partial charge in [0.1, 0.15) is 5.82 Å². The summed E-state index contributed by atoms with van der Waals surface area (Å²) < 4.78 is 13.6. The lowest BCUT2D eigenvalue weighted by Gasteiger charge is -2.11. The van der Waals surface area contributed by atoms with Crippen molar-refractivity contribution < 1.29 is 9.31 Å². The molecule has 0 fully saturated rings. The lowest BCUT2D eigenvalue weighted by molar-refractivity contribution is -0.384. The van der Waals surface area contributed by atoms with Gasteiger partial charge in [-0.1, -0.05) is 18.2 Å². The fourth-order valence-electron chi connectivity index (χ4n) is 1.96. The van der Waals surface area contributed by atoms with Crippen molar-refractivity contribution in [3.05, 3.63) is 69.0 Å². The number of rotatable bonds is 4. The zero-order valence-corrected chi connectivity index (χ0v) is 11.3. The third-order valence-electron chi connectivity index (χ3n) is 3.35. The third kappa shape index (κ3) is 2.93. The minimum atomic E-state index is -0.539. The van der Waals surface area contributed by atoms with E-state index in [0.29, 0.717) is 6.54 Å². The van der Waals surface area contributed by atoms with Crippen molar-refractivity contribution in [2.24, 2.45) is 0 Å². The second-order valence-corrected chi connectivity index (χ2v) is 4.63. The number of benzene rings is 2. The van der Waals surface area contributed by atoms with Gasteiger partial charge >= 0.3 is 0 Å². The normalized spacial score (nSPS) is 10.3. The molecule has 0 atom stereocenters. The van der Waals surface area contributed by atoms with Crippen molar-refractivity contribution in [1.29, 1.82) is 0 Å². The van der Waals surface area contributed by atoms with E-state index in [9.17, 15) is 14.5 Å². The van der Waals surface area contributed by atoms with Crippen molar-refractivity contribution in [2.75, 3.05) is 5.32 Å². The lowest BCUT2D eigenvalue weighted by Crippen LogP contribution is -2.04. The Balaban J connectivity index is 2.20. The monoisotopic (exact) mass is 274 g/mol. The number of nitrogens with zero attached hydrogens (tertiary/aromatic N) is 1. The molecule has 0 spiro atoms. The molecule has 0 aliphatic carbocycles. The Morgan fingerprint density at radius 1 is 1.25 bits per heavy atom. The molecular weight excluding hydrogens is 259 g/mol. The maximum absolute atomic E-state index is 13.6. The van der Waals surface area contributed by atoms with E-state index in [1.807, 2.05) is 32.0 Å². The van der Waals surface area contributed by atoms with Crippen LogP contribution >= 0.6 is 0 Å². The molecule has 0 unspecified atom stereocenters. The van der Waals surface area contributed by atoms with E-state index in [0.717, 1.165) is 28.8 Å². The number of nitrogens with one attached hydrogen (secondary N) is 1. The Kier molecular flexibility index (Phi) is 3.98. The molecule has 0 radical (unpaired) electrons. The van der Waals surface area contributed by atoms with Crippen LogP contribution in [0.4, 0.5) is 15.8 Å². The van der Waals surface area contributed by atoms with Crippen LogP contribution in [-0.4, -0.2) is 4.92 Å². The summed E-state index contributed by atoms with van der Waals surface area (Å²) in [5, 5.41) is 13.6. The van der Waals surface area contributed by atoms with Gasteiger partial charge < -0.3 is 5.32 Å². The van der Waals surface area contributed by atoms with Crippen molar-refractivity contribution in [3.63, 3.8) is 0 Å². The highest BCUT2D eigenvalue weighted by Crippen LogP contribution is 2.22. The number of hydrogen-bond donors (Lipinski definition) is 1. The third-order valence-corrected chi connectivity index (χ3v) is 3.35. The van der Waals surface area contributed by atoms with Crippen molar-refractivity contribution in [2.45, 2.75) is 20.4 Å². The molecule has 0 heterocycles. The molecule has 0 saturated carbocycles. The molecule has 20 heavy (non-hydrogen) atoms. The van der Waals surface area contributed by atoms with E-state index in [1.54, 1.807) is 0 Å². The molecule has 0 aliphatic rings. The number of nitro benzene ring substituents is 1. The van der Waals surface area contributed by atoms with E-state index in [2.05, 4.69) is 5.32 Å². The molecular formula is C15H15FN2O2. The fourth-order valence-corrected chi connectivity index (χ4v) is 1.96. The smallest absolute Gasteiger partial charge is 0.271 e. The van der Waals surface area contributed by atoms with Gasteiger partial charge in [0.05, 0.1) is 10.6 Å². The van der Waals surface area contributed by atoms with Crippen LogP contribution in [0.15, 0.2) is 36.4 Å². The number of aryl methyl sites for hydroxylation is 1. The fraction of sp³-hybridized carbons (Fsp3) is 0.200. The van der Waals surface area contributed by atoms with E-state index in [4.69, 9.17) is 0 Å². The van der Waals surface area contributed by atoms with Crippen molar-refractivity contribution in [1.82, 2.24) is 0 Å². The Labute approximate surface area is 116 Å². The summed E-state index contributed by atoms with van der Waals surface area (Å²) in [6, 6.07) is 9.35. The molecule has 2 rings (SSSR count). The quantitative estimate of drug-likeness (QED) is 0.678. The Morgan fingerprint density at radius 2 is 2.00 bits per heavy atom. The summed E-state index contributed by atoms with van der Waals surface area (Å²) in [6.07, 6.45) is 0. The first kappa shape index (κ1) is 14.0. The average molecular weight is 274 g/mol. The molecule has 4 nitrogen and oxygen atoms in total. The molecule has 0 saturated heterocycles. The van der Waals surface area contributed by atoms with Gasteiger partial charge in [0.25, 0.3) is 5.69 Å². The lowest BCUT2D eigenvalue weighted by atomic mass is 10.0. The van der Waals surface area contributed by atoms with Gasteiger partial charge in [-0.25, -0.2) is 4.39 Å². The molecule has 0 aliphatic heterocycles. The van der Waals surface area contributed by atoms with E-state index in [-0.39, 0.29) is 11.4 Å². The maximum atomic E-state index is 13.6. The Hall–Kier alpha value is -2.43. The zero-order valence-electron chi connectivity index (χ0n) is 11.3. The largest absolute Gasteiger partial charge is 0.378 e. The molecule has 0 aromatic heterocycles. The summed E-state index contributed by atoms with van der Waals surface area (Å²) >= 11 is 0. The maximum Gasteiger partial charge on any atom is 0.271 e. The molecule has 104 valence electrons. The van der Waals surface area contributed by atoms with Gasteiger partial charge in [-0.2, -0.15) is 0 Å². The van der Waals surface area contributed by atoms with Crippen LogP contribution in [0.3, 0.4) is 0 Å². The van der Waals surface area contributed by atoms with Gasteiger partial charge in [-0.3, -0.25) is 10.1 Å². The van der Waals surface area contributed by atoms with Crippen LogP contribution in [-0.2, 0) is 6.54 Å². The summed E-state index contributed by atoms with van der Waals surface area (Å²) in [7, 11) is 0. The van der Waals surface area contributed by atoms with Crippen LogP contribution < -0.4 is 5.32 Å². The number of halogens is 1. The van der Waals surface area contributed by atoms with E-state index < -0.39 is 10.7 Å². The molecule has 0 amide bonds. The number of hydrogen-bond acceptors (Lipinski definition) is 3. The summed E-state index contributed by atoms with van der Waals surface area (Å²) in [5.41, 5.74) is 3.33. The van der Waals surface area contributed by atoms with Crippen LogP contribution in [0, 0.1) is 29.8 Å². The predicted molar refractivity (Wildman–Crippen MR) is 76.3 cm³/mol. The standard InChI is InChI=1S/C15H15FN2O2/c1-10-4-3-5-12(11(10)2)9-17-15-8-13(18(19)20)6-7-14(15)16/h3-8,17H,9H2,1-2H3. The minimum absolute atomic E-state index is 0.130. The molecule has 2 aromatic rings. The minimum Gasteiger partial charge on any atom is -0.378 e. The Morgan fingerprint density at radius 3 is 2.70 bits per heavy atom. The van der Waals surface area contributed by atoms with Gasteiger partial charge in [0.15, 0.2) is 0 Å². The molecule has 0 bridgehead atoms. The van der Waals surface area contributed by atoms with Gasteiger partial charge in [0, 0.05) is 18.7 Å². The van der Waals surface area contributed by atoms with Crippen molar-refractivity contribution in [3.8, 4) is 0 Å². The molecule has 1 N–H and O–H groups in total. The summed E-state index contributed by atoms with van der Waals surface area (Å²) in [6.45, 7) is 4.43. The van der Waals surface area contributed by atoms with E-state index >= 15 is 0 Å². The Bertz CT molecular complexity index is 656.